The molecular formula is C29H22F2O3S. The standard InChI is InChI=1S/C29H22F2O3S/c1-17(29(32)33)15-35-16-20-10-9-18(13-25(20)30)19-11-12-21(26(31)14-19)23-6-4-7-24-22-5-2-3-8-27(22)34-28(23)24/h2-14,17H,15-16H2,1H3,(H,32,33). The fourth-order valence-corrected chi connectivity index (χ4v) is 5.20. The number of benzene rings is 4. The summed E-state index contributed by atoms with van der Waals surface area (Å²) >= 11 is 1.37. The number of hydrogen-bond donors (Lipinski definition) is 1. The van der Waals surface area contributed by atoms with Crippen molar-refractivity contribution in [2.45, 2.75) is 12.7 Å². The van der Waals surface area contributed by atoms with E-state index in [2.05, 4.69) is 0 Å². The van der Waals surface area contributed by atoms with Crippen molar-refractivity contribution in [2.24, 2.45) is 5.92 Å². The highest BCUT2D eigenvalue weighted by atomic mass is 32.2. The number of carboxylic acid groups (broad SMARTS) is 1. The first kappa shape index (κ1) is 23.1. The van der Waals surface area contributed by atoms with E-state index in [0.717, 1.165) is 16.4 Å². The van der Waals surface area contributed by atoms with Gasteiger partial charge < -0.3 is 9.52 Å². The number of halogens is 2. The van der Waals surface area contributed by atoms with Gasteiger partial charge in [-0.05, 0) is 34.9 Å². The van der Waals surface area contributed by atoms with Gasteiger partial charge in [-0.1, -0.05) is 67.6 Å². The van der Waals surface area contributed by atoms with Crippen molar-refractivity contribution in [3.05, 3.63) is 96.1 Å². The maximum Gasteiger partial charge on any atom is 0.307 e. The first-order valence-corrected chi connectivity index (χ1v) is 12.4. The van der Waals surface area contributed by atoms with Crippen LogP contribution in [0.25, 0.3) is 44.2 Å². The van der Waals surface area contributed by atoms with Crippen molar-refractivity contribution in [1.29, 1.82) is 0 Å². The Morgan fingerprint density at radius 1 is 0.886 bits per heavy atom. The maximum atomic E-state index is 15.3. The lowest BCUT2D eigenvalue weighted by Gasteiger charge is -2.10. The maximum absolute atomic E-state index is 15.3. The summed E-state index contributed by atoms with van der Waals surface area (Å²) < 4.78 is 36.1. The van der Waals surface area contributed by atoms with Crippen molar-refractivity contribution in [2.75, 3.05) is 5.75 Å². The Balaban J connectivity index is 1.42. The Hall–Kier alpha value is -3.64. The number of aliphatic carboxylic acids is 1. The van der Waals surface area contributed by atoms with E-state index >= 15 is 4.39 Å². The summed E-state index contributed by atoms with van der Waals surface area (Å²) in [6.07, 6.45) is 0. The Morgan fingerprint density at radius 2 is 1.60 bits per heavy atom. The molecule has 0 fully saturated rings. The second-order valence-corrected chi connectivity index (χ2v) is 9.57. The molecule has 5 aromatic rings. The summed E-state index contributed by atoms with van der Waals surface area (Å²) in [5.41, 5.74) is 4.09. The highest BCUT2D eigenvalue weighted by molar-refractivity contribution is 7.98. The highest BCUT2D eigenvalue weighted by Crippen LogP contribution is 2.37. The van der Waals surface area contributed by atoms with E-state index in [0.29, 0.717) is 44.9 Å². The normalized spacial score (nSPS) is 12.3. The number of furan rings is 1. The molecule has 176 valence electrons. The highest BCUT2D eigenvalue weighted by Gasteiger charge is 2.16. The fourth-order valence-electron chi connectivity index (χ4n) is 4.13. The van der Waals surface area contributed by atoms with E-state index in [1.165, 1.54) is 23.9 Å². The van der Waals surface area contributed by atoms with E-state index in [1.54, 1.807) is 31.2 Å². The zero-order valence-electron chi connectivity index (χ0n) is 18.9. The van der Waals surface area contributed by atoms with Crippen LogP contribution in [0.2, 0.25) is 0 Å². The van der Waals surface area contributed by atoms with Crippen LogP contribution in [0.5, 0.6) is 0 Å². The van der Waals surface area contributed by atoms with Crippen molar-refractivity contribution in [1.82, 2.24) is 0 Å². The molecule has 1 aromatic heterocycles. The Morgan fingerprint density at radius 3 is 2.34 bits per heavy atom. The SMILES string of the molecule is CC(CSCc1ccc(-c2ccc(-c3cccc4c3oc3ccccc34)c(F)c2)cc1F)C(=O)O. The van der Waals surface area contributed by atoms with Gasteiger partial charge in [0.05, 0.1) is 5.92 Å². The Labute approximate surface area is 205 Å². The molecule has 0 amide bonds. The summed E-state index contributed by atoms with van der Waals surface area (Å²) in [5.74, 6) is -1.39. The quantitative estimate of drug-likeness (QED) is 0.251. The molecular weight excluding hydrogens is 466 g/mol. The monoisotopic (exact) mass is 488 g/mol. The lowest BCUT2D eigenvalue weighted by atomic mass is 9.97. The van der Waals surface area contributed by atoms with Gasteiger partial charge in [-0.2, -0.15) is 11.8 Å². The van der Waals surface area contributed by atoms with Crippen molar-refractivity contribution < 1.29 is 23.1 Å². The summed E-state index contributed by atoms with van der Waals surface area (Å²) in [4.78, 5) is 10.9. The van der Waals surface area contributed by atoms with Crippen molar-refractivity contribution in [3.63, 3.8) is 0 Å². The van der Waals surface area contributed by atoms with Crippen LogP contribution in [-0.4, -0.2) is 16.8 Å². The number of fused-ring (bicyclic) bond motifs is 3. The summed E-state index contributed by atoms with van der Waals surface area (Å²) in [6.45, 7) is 1.63. The third-order valence-corrected chi connectivity index (χ3v) is 7.35. The number of carboxylic acids is 1. The van der Waals surface area contributed by atoms with Gasteiger partial charge in [-0.25, -0.2) is 8.78 Å². The van der Waals surface area contributed by atoms with Gasteiger partial charge in [0.25, 0.3) is 0 Å². The number of rotatable bonds is 7. The van der Waals surface area contributed by atoms with Crippen LogP contribution in [0.4, 0.5) is 8.78 Å². The number of thioether (sulfide) groups is 1. The van der Waals surface area contributed by atoms with E-state index in [1.807, 2.05) is 42.5 Å². The molecule has 0 saturated carbocycles. The van der Waals surface area contributed by atoms with Gasteiger partial charge in [-0.3, -0.25) is 4.79 Å². The number of para-hydroxylation sites is 2. The largest absolute Gasteiger partial charge is 0.481 e. The average Bonchev–Trinajstić information content (AvgIpc) is 3.24. The summed E-state index contributed by atoms with van der Waals surface area (Å²) in [5, 5.41) is 10.9. The van der Waals surface area contributed by atoms with Gasteiger partial charge in [0, 0.05) is 33.4 Å². The topological polar surface area (TPSA) is 50.4 Å². The minimum atomic E-state index is -0.865. The van der Waals surface area contributed by atoms with E-state index in [-0.39, 0.29) is 0 Å². The molecule has 5 rings (SSSR count). The van der Waals surface area contributed by atoms with E-state index in [4.69, 9.17) is 9.52 Å². The number of hydrogen-bond acceptors (Lipinski definition) is 3. The molecule has 1 atom stereocenters. The summed E-state index contributed by atoms with van der Waals surface area (Å²) in [6, 6.07) is 23.1. The average molecular weight is 489 g/mol. The molecule has 0 saturated heterocycles. The summed E-state index contributed by atoms with van der Waals surface area (Å²) in [7, 11) is 0. The van der Waals surface area contributed by atoms with Gasteiger partial charge in [0.2, 0.25) is 0 Å². The van der Waals surface area contributed by atoms with Crippen LogP contribution < -0.4 is 0 Å². The third-order valence-electron chi connectivity index (χ3n) is 6.10. The van der Waals surface area contributed by atoms with Crippen LogP contribution in [0.3, 0.4) is 0 Å². The predicted molar refractivity (Wildman–Crippen MR) is 137 cm³/mol. The van der Waals surface area contributed by atoms with Gasteiger partial charge in [0.15, 0.2) is 0 Å². The van der Waals surface area contributed by atoms with Crippen LogP contribution in [-0.2, 0) is 10.5 Å². The minimum Gasteiger partial charge on any atom is -0.481 e. The molecule has 0 aliphatic rings. The molecule has 0 aliphatic carbocycles. The molecule has 1 heterocycles. The van der Waals surface area contributed by atoms with Crippen LogP contribution in [0, 0.1) is 17.6 Å². The number of carbonyl (C=O) groups is 1. The molecule has 3 nitrogen and oxygen atoms in total. The van der Waals surface area contributed by atoms with Crippen LogP contribution in [0.1, 0.15) is 12.5 Å². The second kappa shape index (κ2) is 9.55. The molecule has 0 bridgehead atoms. The van der Waals surface area contributed by atoms with Crippen molar-refractivity contribution >= 4 is 39.7 Å². The van der Waals surface area contributed by atoms with E-state index < -0.39 is 23.5 Å². The Kier molecular flexibility index (Phi) is 6.31. The van der Waals surface area contributed by atoms with E-state index in [9.17, 15) is 9.18 Å². The van der Waals surface area contributed by atoms with Crippen molar-refractivity contribution in [3.8, 4) is 22.3 Å². The lowest BCUT2D eigenvalue weighted by Crippen LogP contribution is -2.11. The van der Waals surface area contributed by atoms with Gasteiger partial charge >= 0.3 is 5.97 Å². The molecule has 0 aliphatic heterocycles. The molecule has 4 aromatic carbocycles. The Bertz CT molecular complexity index is 1560. The smallest absolute Gasteiger partial charge is 0.307 e. The van der Waals surface area contributed by atoms with Crippen LogP contribution in [0.15, 0.2) is 83.3 Å². The first-order valence-electron chi connectivity index (χ1n) is 11.2. The predicted octanol–water partition coefficient (Wildman–Crippen LogP) is 8.15. The molecule has 1 N–H and O–H groups in total. The zero-order chi connectivity index (χ0) is 24.5. The van der Waals surface area contributed by atoms with Gasteiger partial charge in [-0.15, -0.1) is 0 Å². The van der Waals surface area contributed by atoms with Crippen LogP contribution >= 0.6 is 11.8 Å². The molecule has 35 heavy (non-hydrogen) atoms. The molecule has 1 unspecified atom stereocenters. The molecule has 6 heteroatoms. The molecule has 0 radical (unpaired) electrons. The minimum absolute atomic E-state index is 0.374. The fraction of sp³-hybridized carbons (Fsp3) is 0.138. The third kappa shape index (κ3) is 4.54. The van der Waals surface area contributed by atoms with Gasteiger partial charge in [0.1, 0.15) is 22.8 Å². The zero-order valence-corrected chi connectivity index (χ0v) is 19.7. The lowest BCUT2D eigenvalue weighted by molar-refractivity contribution is -0.140. The first-order chi connectivity index (χ1) is 16.9. The molecule has 0 spiro atoms. The second-order valence-electron chi connectivity index (χ2n) is 8.54.